The first kappa shape index (κ1) is 22.3. The summed E-state index contributed by atoms with van der Waals surface area (Å²) in [4.78, 5) is 8.07. The van der Waals surface area contributed by atoms with Gasteiger partial charge in [-0.3, -0.25) is 0 Å². The average molecular weight is 470 g/mol. The number of halogens is 4. The maximum atomic E-state index is 13.8. The summed E-state index contributed by atoms with van der Waals surface area (Å²) in [5.74, 6) is -2.45. The van der Waals surface area contributed by atoms with Gasteiger partial charge in [-0.05, 0) is 48.9 Å². The summed E-state index contributed by atoms with van der Waals surface area (Å²) in [7, 11) is 0. The largest absolute Gasteiger partial charge is 0.451 e. The number of alkyl halides is 3. The summed E-state index contributed by atoms with van der Waals surface area (Å²) in [5.41, 5.74) is 6.98. The van der Waals surface area contributed by atoms with Gasteiger partial charge in [-0.2, -0.15) is 28.2 Å². The van der Waals surface area contributed by atoms with Crippen LogP contribution in [-0.4, -0.2) is 19.7 Å². The van der Waals surface area contributed by atoms with Gasteiger partial charge in [0.15, 0.2) is 5.82 Å². The van der Waals surface area contributed by atoms with Crippen molar-refractivity contribution in [2.75, 3.05) is 5.73 Å². The molecule has 33 heavy (non-hydrogen) atoms. The molecule has 0 saturated heterocycles. The van der Waals surface area contributed by atoms with E-state index in [9.17, 15) is 22.8 Å². The lowest BCUT2D eigenvalue weighted by Crippen LogP contribution is -2.17. The third-order valence-electron chi connectivity index (χ3n) is 4.80. The number of anilines is 1. The molecule has 0 radical (unpaired) electrons. The molecular formula is C22H14F4N6S. The summed E-state index contributed by atoms with van der Waals surface area (Å²) in [6, 6.07) is 13.3. The van der Waals surface area contributed by atoms with Crippen molar-refractivity contribution >= 4 is 18.4 Å². The second kappa shape index (κ2) is 8.22. The highest BCUT2D eigenvalue weighted by Crippen LogP contribution is 2.39. The highest BCUT2D eigenvalue weighted by molar-refractivity contribution is 7.80. The second-order valence-electron chi connectivity index (χ2n) is 7.02. The SMILES string of the molecule is Cc1nn(-c2nc(C(F)(F)F)nc(-c3ccc(F)cc3)c2-c2cccc(S)c2)c(N)c1C#N. The van der Waals surface area contributed by atoms with Gasteiger partial charge in [-0.15, -0.1) is 12.6 Å². The maximum Gasteiger partial charge on any atom is 0.451 e. The number of rotatable bonds is 3. The minimum absolute atomic E-state index is 0.0133. The molecule has 0 fully saturated rings. The number of nitrogens with zero attached hydrogens (tertiary/aromatic N) is 5. The van der Waals surface area contributed by atoms with Crippen LogP contribution in [0.1, 0.15) is 17.1 Å². The molecule has 0 spiro atoms. The standard InChI is InChI=1S/C22H14F4N6S/c1-11-16(10-27)19(28)32(31-11)20-17(13-3-2-4-15(33)9-13)18(12-5-7-14(23)8-6-12)29-21(30-20)22(24,25)26/h2-9,33H,28H2,1H3. The zero-order valence-corrected chi connectivity index (χ0v) is 17.8. The Bertz CT molecular complexity index is 1400. The summed E-state index contributed by atoms with van der Waals surface area (Å²) in [6.07, 6.45) is -4.90. The van der Waals surface area contributed by atoms with Crippen LogP contribution >= 0.6 is 12.6 Å². The van der Waals surface area contributed by atoms with E-state index in [1.165, 1.54) is 19.1 Å². The Morgan fingerprint density at radius 2 is 1.76 bits per heavy atom. The molecule has 2 N–H and O–H groups in total. The number of hydrogen-bond donors (Lipinski definition) is 2. The highest BCUT2D eigenvalue weighted by Gasteiger charge is 2.37. The molecule has 0 atom stereocenters. The summed E-state index contributed by atoms with van der Waals surface area (Å²) in [5, 5.41) is 13.5. The Kier molecular flexibility index (Phi) is 5.55. The number of nitriles is 1. The van der Waals surface area contributed by atoms with E-state index in [0.717, 1.165) is 16.8 Å². The first-order chi connectivity index (χ1) is 15.6. The van der Waals surface area contributed by atoms with E-state index in [4.69, 9.17) is 5.73 Å². The van der Waals surface area contributed by atoms with Crippen LogP contribution in [0.2, 0.25) is 0 Å². The van der Waals surface area contributed by atoms with Gasteiger partial charge in [-0.1, -0.05) is 12.1 Å². The number of thiol groups is 1. The lowest BCUT2D eigenvalue weighted by molar-refractivity contribution is -0.144. The van der Waals surface area contributed by atoms with Gasteiger partial charge in [0.05, 0.1) is 17.0 Å². The molecule has 11 heteroatoms. The quantitative estimate of drug-likeness (QED) is 0.317. The number of aryl methyl sites for hydroxylation is 1. The number of hydrogen-bond acceptors (Lipinski definition) is 6. The van der Waals surface area contributed by atoms with Crippen LogP contribution in [0.4, 0.5) is 23.4 Å². The third kappa shape index (κ3) is 4.12. The number of aromatic nitrogens is 4. The van der Waals surface area contributed by atoms with Crippen molar-refractivity contribution in [1.82, 2.24) is 19.7 Å². The molecule has 2 aromatic heterocycles. The van der Waals surface area contributed by atoms with E-state index < -0.39 is 17.8 Å². The minimum Gasteiger partial charge on any atom is -0.382 e. The first-order valence-electron chi connectivity index (χ1n) is 9.40. The molecule has 2 aromatic carbocycles. The molecule has 0 aliphatic carbocycles. The third-order valence-corrected chi connectivity index (χ3v) is 5.08. The second-order valence-corrected chi connectivity index (χ2v) is 7.54. The van der Waals surface area contributed by atoms with Gasteiger partial charge in [-0.25, -0.2) is 14.4 Å². The lowest BCUT2D eigenvalue weighted by atomic mass is 9.99. The van der Waals surface area contributed by atoms with E-state index in [1.54, 1.807) is 24.3 Å². The molecule has 0 bridgehead atoms. The fourth-order valence-corrected chi connectivity index (χ4v) is 3.54. The minimum atomic E-state index is -4.90. The van der Waals surface area contributed by atoms with Crippen LogP contribution in [0, 0.1) is 24.1 Å². The maximum absolute atomic E-state index is 13.8. The fourth-order valence-electron chi connectivity index (χ4n) is 3.32. The van der Waals surface area contributed by atoms with Crippen LogP contribution in [-0.2, 0) is 6.18 Å². The van der Waals surface area contributed by atoms with Crippen molar-refractivity contribution in [2.45, 2.75) is 18.0 Å². The van der Waals surface area contributed by atoms with Crippen molar-refractivity contribution in [3.05, 3.63) is 71.4 Å². The molecule has 0 aliphatic rings. The average Bonchev–Trinajstić information content (AvgIpc) is 3.05. The predicted octanol–water partition coefficient (Wildman–Crippen LogP) is 5.21. The zero-order chi connectivity index (χ0) is 23.9. The van der Waals surface area contributed by atoms with Crippen LogP contribution in [0.3, 0.4) is 0 Å². The van der Waals surface area contributed by atoms with Crippen molar-refractivity contribution < 1.29 is 17.6 Å². The normalized spacial score (nSPS) is 11.4. The first-order valence-corrected chi connectivity index (χ1v) is 9.85. The Balaban J connectivity index is 2.17. The van der Waals surface area contributed by atoms with Crippen molar-refractivity contribution in [3.63, 3.8) is 0 Å². The van der Waals surface area contributed by atoms with Gasteiger partial charge >= 0.3 is 6.18 Å². The molecular weight excluding hydrogens is 456 g/mol. The van der Waals surface area contributed by atoms with Crippen molar-refractivity contribution in [3.8, 4) is 34.3 Å². The molecule has 0 unspecified atom stereocenters. The smallest absolute Gasteiger partial charge is 0.382 e. The fraction of sp³-hybridized carbons (Fsp3) is 0.0909. The van der Waals surface area contributed by atoms with Crippen LogP contribution in [0.25, 0.3) is 28.2 Å². The lowest BCUT2D eigenvalue weighted by Gasteiger charge is -2.18. The number of nitrogens with two attached hydrogens (primary N) is 1. The molecule has 0 saturated carbocycles. The van der Waals surface area contributed by atoms with Crippen molar-refractivity contribution in [2.24, 2.45) is 0 Å². The van der Waals surface area contributed by atoms with E-state index in [1.807, 2.05) is 6.07 Å². The Labute approximate surface area is 190 Å². The van der Waals surface area contributed by atoms with Gasteiger partial charge in [0.25, 0.3) is 0 Å². The molecule has 4 aromatic rings. The molecule has 0 aliphatic heterocycles. The van der Waals surface area contributed by atoms with E-state index >= 15 is 0 Å². The van der Waals surface area contributed by atoms with E-state index in [0.29, 0.717) is 10.5 Å². The van der Waals surface area contributed by atoms with Crippen molar-refractivity contribution in [1.29, 1.82) is 5.26 Å². The Hall–Kier alpha value is -3.91. The van der Waals surface area contributed by atoms with Gasteiger partial charge in [0, 0.05) is 10.5 Å². The van der Waals surface area contributed by atoms with Crippen LogP contribution in [0.5, 0.6) is 0 Å². The molecule has 0 amide bonds. The summed E-state index contributed by atoms with van der Waals surface area (Å²) >= 11 is 4.32. The summed E-state index contributed by atoms with van der Waals surface area (Å²) < 4.78 is 55.9. The number of benzene rings is 2. The van der Waals surface area contributed by atoms with E-state index in [-0.39, 0.29) is 39.7 Å². The van der Waals surface area contributed by atoms with E-state index in [2.05, 4.69) is 27.7 Å². The Morgan fingerprint density at radius 3 is 2.33 bits per heavy atom. The molecule has 4 rings (SSSR count). The van der Waals surface area contributed by atoms with Gasteiger partial charge in [0.1, 0.15) is 23.3 Å². The van der Waals surface area contributed by atoms with Crippen LogP contribution in [0.15, 0.2) is 53.4 Å². The predicted molar refractivity (Wildman–Crippen MR) is 116 cm³/mol. The molecule has 2 heterocycles. The zero-order valence-electron chi connectivity index (χ0n) is 16.9. The number of nitrogen functional groups attached to an aromatic ring is 1. The summed E-state index contributed by atoms with van der Waals surface area (Å²) in [6.45, 7) is 1.51. The topological polar surface area (TPSA) is 93.4 Å². The van der Waals surface area contributed by atoms with Gasteiger partial charge < -0.3 is 5.73 Å². The van der Waals surface area contributed by atoms with Crippen LogP contribution < -0.4 is 5.73 Å². The van der Waals surface area contributed by atoms with Gasteiger partial charge in [0.2, 0.25) is 5.82 Å². The molecule has 6 nitrogen and oxygen atoms in total. The highest BCUT2D eigenvalue weighted by atomic mass is 32.1. The molecule has 166 valence electrons. The Morgan fingerprint density at radius 1 is 1.06 bits per heavy atom. The monoisotopic (exact) mass is 470 g/mol.